The number of aromatic nitrogens is 2. The molecule has 1 aliphatic carbocycles. The lowest BCUT2D eigenvalue weighted by molar-refractivity contribution is 0.426. The molecule has 2 N–H and O–H groups in total. The fourth-order valence-electron chi connectivity index (χ4n) is 4.37. The first kappa shape index (κ1) is 13.9. The average Bonchev–Trinajstić information content (AvgIpc) is 3.11. The molecular weight excluding hydrogens is 248 g/mol. The van der Waals surface area contributed by atoms with Gasteiger partial charge in [-0.05, 0) is 51.5 Å². The van der Waals surface area contributed by atoms with E-state index < -0.39 is 0 Å². The summed E-state index contributed by atoms with van der Waals surface area (Å²) >= 11 is 0. The number of rotatable bonds is 4. The van der Waals surface area contributed by atoms with E-state index in [4.69, 9.17) is 5.73 Å². The first-order chi connectivity index (χ1) is 9.72. The zero-order chi connectivity index (χ0) is 14.1. The van der Waals surface area contributed by atoms with Crippen molar-refractivity contribution in [1.29, 1.82) is 0 Å². The topological polar surface area (TPSA) is 47.1 Å². The maximum atomic E-state index is 5.81. The lowest BCUT2D eigenvalue weighted by atomic mass is 9.95. The normalized spacial score (nSPS) is 23.9. The number of hydrogen-bond acceptors (Lipinski definition) is 3. The van der Waals surface area contributed by atoms with Crippen LogP contribution >= 0.6 is 0 Å². The van der Waals surface area contributed by atoms with Crippen LogP contribution in [0.3, 0.4) is 0 Å². The van der Waals surface area contributed by atoms with Crippen LogP contribution in [-0.4, -0.2) is 28.9 Å². The van der Waals surface area contributed by atoms with Crippen molar-refractivity contribution in [1.82, 2.24) is 9.78 Å². The van der Waals surface area contributed by atoms with Gasteiger partial charge in [0.05, 0.1) is 5.69 Å². The van der Waals surface area contributed by atoms with Gasteiger partial charge in [-0.15, -0.1) is 0 Å². The van der Waals surface area contributed by atoms with Crippen molar-refractivity contribution in [2.24, 2.45) is 18.7 Å². The highest BCUT2D eigenvalue weighted by Gasteiger charge is 2.35. The first-order valence-electron chi connectivity index (χ1n) is 8.21. The molecule has 20 heavy (non-hydrogen) atoms. The second-order valence-electron chi connectivity index (χ2n) is 6.50. The van der Waals surface area contributed by atoms with Crippen molar-refractivity contribution in [2.45, 2.75) is 57.9 Å². The lowest BCUT2D eigenvalue weighted by Crippen LogP contribution is -2.36. The Morgan fingerprint density at radius 1 is 1.20 bits per heavy atom. The highest BCUT2D eigenvalue weighted by Crippen LogP contribution is 2.39. The molecule has 3 rings (SSSR count). The van der Waals surface area contributed by atoms with Gasteiger partial charge < -0.3 is 10.6 Å². The van der Waals surface area contributed by atoms with Crippen molar-refractivity contribution < 1.29 is 0 Å². The third-order valence-corrected chi connectivity index (χ3v) is 5.22. The maximum absolute atomic E-state index is 5.81. The van der Waals surface area contributed by atoms with Crippen LogP contribution in [0.25, 0.3) is 0 Å². The highest BCUT2D eigenvalue weighted by molar-refractivity contribution is 5.52. The second kappa shape index (κ2) is 5.76. The summed E-state index contributed by atoms with van der Waals surface area (Å²) in [5, 5.41) is 4.65. The van der Waals surface area contributed by atoms with Crippen molar-refractivity contribution in [3.05, 3.63) is 11.3 Å². The smallest absolute Gasteiger partial charge is 0.130 e. The summed E-state index contributed by atoms with van der Waals surface area (Å²) in [5.74, 6) is 2.25. The molecule has 1 aromatic heterocycles. The summed E-state index contributed by atoms with van der Waals surface area (Å²) in [4.78, 5) is 2.65. The summed E-state index contributed by atoms with van der Waals surface area (Å²) in [6, 6.07) is 0.740. The SMILES string of the molecule is Cc1nn(C)c(N2CCCC2C2CCCC2)c1CCN. The Balaban J connectivity index is 1.90. The molecule has 1 saturated carbocycles. The molecule has 0 amide bonds. The number of anilines is 1. The van der Waals surface area contributed by atoms with Crippen molar-refractivity contribution >= 4 is 5.82 Å². The van der Waals surface area contributed by atoms with Crippen LogP contribution in [0.2, 0.25) is 0 Å². The van der Waals surface area contributed by atoms with Crippen LogP contribution in [-0.2, 0) is 13.5 Å². The van der Waals surface area contributed by atoms with Crippen LogP contribution in [0.5, 0.6) is 0 Å². The van der Waals surface area contributed by atoms with Crippen LogP contribution in [0, 0.1) is 12.8 Å². The quantitative estimate of drug-likeness (QED) is 0.918. The van der Waals surface area contributed by atoms with Crippen molar-refractivity contribution in [2.75, 3.05) is 18.0 Å². The molecular formula is C16H28N4. The Morgan fingerprint density at radius 3 is 2.65 bits per heavy atom. The van der Waals surface area contributed by atoms with E-state index in [1.54, 1.807) is 0 Å². The minimum atomic E-state index is 0.710. The van der Waals surface area contributed by atoms with Gasteiger partial charge in [0.1, 0.15) is 5.82 Å². The Hall–Kier alpha value is -1.03. The third kappa shape index (κ3) is 2.34. The van der Waals surface area contributed by atoms with Gasteiger partial charge in [-0.25, -0.2) is 0 Å². The van der Waals surface area contributed by atoms with E-state index in [1.165, 1.54) is 56.5 Å². The van der Waals surface area contributed by atoms with Gasteiger partial charge in [0, 0.05) is 25.2 Å². The molecule has 0 bridgehead atoms. The van der Waals surface area contributed by atoms with Crippen molar-refractivity contribution in [3.63, 3.8) is 0 Å². The van der Waals surface area contributed by atoms with Gasteiger partial charge in [-0.1, -0.05) is 12.8 Å². The van der Waals surface area contributed by atoms with E-state index in [9.17, 15) is 0 Å². The largest absolute Gasteiger partial charge is 0.353 e. The molecule has 4 nitrogen and oxygen atoms in total. The Morgan fingerprint density at radius 2 is 1.95 bits per heavy atom. The van der Waals surface area contributed by atoms with Gasteiger partial charge in [0.2, 0.25) is 0 Å². The van der Waals surface area contributed by atoms with E-state index in [2.05, 4.69) is 28.7 Å². The molecule has 112 valence electrons. The molecule has 1 unspecified atom stereocenters. The first-order valence-corrected chi connectivity index (χ1v) is 8.21. The zero-order valence-electron chi connectivity index (χ0n) is 12.9. The molecule has 4 heteroatoms. The number of aryl methyl sites for hydroxylation is 2. The summed E-state index contributed by atoms with van der Waals surface area (Å²) < 4.78 is 2.09. The third-order valence-electron chi connectivity index (χ3n) is 5.22. The van der Waals surface area contributed by atoms with E-state index in [0.29, 0.717) is 6.54 Å². The maximum Gasteiger partial charge on any atom is 0.130 e. The molecule has 1 atom stereocenters. The molecule has 1 aromatic rings. The predicted octanol–water partition coefficient (Wildman–Crippen LogP) is 2.39. The van der Waals surface area contributed by atoms with Crippen LogP contribution in [0.1, 0.15) is 49.8 Å². The molecule has 0 aromatic carbocycles. The minimum Gasteiger partial charge on any atom is -0.353 e. The van der Waals surface area contributed by atoms with Gasteiger partial charge in [-0.2, -0.15) is 5.10 Å². The molecule has 2 fully saturated rings. The summed E-state index contributed by atoms with van der Waals surface area (Å²) in [6.45, 7) is 4.02. The fourth-order valence-corrected chi connectivity index (χ4v) is 4.37. The van der Waals surface area contributed by atoms with Crippen molar-refractivity contribution in [3.8, 4) is 0 Å². The molecule has 2 heterocycles. The molecule has 0 radical (unpaired) electrons. The Labute approximate surface area is 122 Å². The predicted molar refractivity (Wildman–Crippen MR) is 83.0 cm³/mol. The monoisotopic (exact) mass is 276 g/mol. The van der Waals surface area contributed by atoms with Crippen LogP contribution < -0.4 is 10.6 Å². The molecule has 2 aliphatic rings. The second-order valence-corrected chi connectivity index (χ2v) is 6.50. The van der Waals surface area contributed by atoms with Crippen LogP contribution in [0.4, 0.5) is 5.82 Å². The van der Waals surface area contributed by atoms with Gasteiger partial charge >= 0.3 is 0 Å². The van der Waals surface area contributed by atoms with E-state index in [-0.39, 0.29) is 0 Å². The molecule has 1 saturated heterocycles. The minimum absolute atomic E-state index is 0.710. The summed E-state index contributed by atoms with van der Waals surface area (Å²) in [7, 11) is 2.09. The Kier molecular flexibility index (Phi) is 4.01. The van der Waals surface area contributed by atoms with E-state index in [0.717, 1.165) is 24.1 Å². The molecule has 1 aliphatic heterocycles. The number of nitrogens with zero attached hydrogens (tertiary/aromatic N) is 3. The summed E-state index contributed by atoms with van der Waals surface area (Å²) in [5.41, 5.74) is 8.34. The number of nitrogens with two attached hydrogens (primary N) is 1. The zero-order valence-corrected chi connectivity index (χ0v) is 12.9. The van der Waals surface area contributed by atoms with Crippen LogP contribution in [0.15, 0.2) is 0 Å². The fraction of sp³-hybridized carbons (Fsp3) is 0.812. The standard InChI is InChI=1S/C16H28N4/c1-12-14(9-10-17)16(19(2)18-12)20-11-5-8-15(20)13-6-3-4-7-13/h13,15H,3-11,17H2,1-2H3. The van der Waals surface area contributed by atoms with E-state index in [1.807, 2.05) is 0 Å². The average molecular weight is 276 g/mol. The van der Waals surface area contributed by atoms with Gasteiger partial charge in [0.25, 0.3) is 0 Å². The summed E-state index contributed by atoms with van der Waals surface area (Å²) in [6.07, 6.45) is 9.33. The highest BCUT2D eigenvalue weighted by atomic mass is 15.4. The van der Waals surface area contributed by atoms with E-state index >= 15 is 0 Å². The molecule has 0 spiro atoms. The van der Waals surface area contributed by atoms with Gasteiger partial charge in [-0.3, -0.25) is 4.68 Å². The lowest BCUT2D eigenvalue weighted by Gasteiger charge is -2.32. The Bertz CT molecular complexity index is 459. The number of hydrogen-bond donors (Lipinski definition) is 1. The van der Waals surface area contributed by atoms with Gasteiger partial charge in [0.15, 0.2) is 0 Å².